The van der Waals surface area contributed by atoms with Gasteiger partial charge in [0.2, 0.25) is 11.6 Å². The topological polar surface area (TPSA) is 122 Å². The quantitative estimate of drug-likeness (QED) is 0.113. The van der Waals surface area contributed by atoms with Crippen molar-refractivity contribution in [3.63, 3.8) is 0 Å². The Balaban J connectivity index is 1.48. The largest absolute Gasteiger partial charge is 0.467 e. The predicted octanol–water partition coefficient (Wildman–Crippen LogP) is 4.76. The van der Waals surface area contributed by atoms with Crippen LogP contribution in [0.25, 0.3) is 21.5 Å². The number of anilines is 2. The van der Waals surface area contributed by atoms with Crippen molar-refractivity contribution in [2.75, 3.05) is 12.4 Å². The van der Waals surface area contributed by atoms with Crippen LogP contribution in [0.3, 0.4) is 0 Å². The van der Waals surface area contributed by atoms with Crippen LogP contribution in [-0.2, 0) is 9.53 Å². The number of carbonyl (C=O) groups excluding carboxylic acids is 1. The van der Waals surface area contributed by atoms with E-state index in [0.717, 1.165) is 21.5 Å². The Hall–Kier alpha value is -3.99. The second-order valence-electron chi connectivity index (χ2n) is 7.75. The highest BCUT2D eigenvalue weighted by molar-refractivity contribution is 7.22. The Bertz CT molecular complexity index is 1330. The number of nitrogens with zero attached hydrogens (tertiary/aromatic N) is 3. The first-order valence-corrected chi connectivity index (χ1v) is 11.2. The number of halogens is 1. The number of amidine groups is 1. The lowest BCUT2D eigenvalue weighted by Gasteiger charge is -2.20. The molecule has 4 aromatic rings. The van der Waals surface area contributed by atoms with Crippen molar-refractivity contribution in [1.82, 2.24) is 15.5 Å². The smallest absolute Gasteiger partial charge is 0.328 e. The molecule has 11 heteroatoms. The van der Waals surface area contributed by atoms with Gasteiger partial charge in [0, 0.05) is 17.3 Å². The minimum Gasteiger partial charge on any atom is -0.467 e. The first-order valence-electron chi connectivity index (χ1n) is 10.3. The molecule has 0 bridgehead atoms. The standard InChI is InChI=1S/C23H22FN5O4S/c1-12(2)20(22(30)32-3)27-21(28-31)18-11-17(29-33-18)13-4-7-15(8-5-13)25-23-26-16-9-6-14(24)10-19(16)34-23/h4-12,20,31H,1-3H3,(H,25,26)(H,27,28)/t20-/m1/s1. The average molecular weight is 484 g/mol. The highest BCUT2D eigenvalue weighted by Gasteiger charge is 2.26. The molecule has 2 heterocycles. The van der Waals surface area contributed by atoms with Gasteiger partial charge in [-0.05, 0) is 36.2 Å². The molecular weight excluding hydrogens is 461 g/mol. The van der Waals surface area contributed by atoms with Gasteiger partial charge >= 0.3 is 5.97 Å². The molecule has 1 atom stereocenters. The van der Waals surface area contributed by atoms with E-state index in [1.54, 1.807) is 12.1 Å². The van der Waals surface area contributed by atoms with E-state index in [-0.39, 0.29) is 23.3 Å². The number of rotatable bonds is 7. The summed E-state index contributed by atoms with van der Waals surface area (Å²) in [5, 5.41) is 23.4. The predicted molar refractivity (Wildman–Crippen MR) is 127 cm³/mol. The molecule has 0 radical (unpaired) electrons. The third kappa shape index (κ3) is 4.99. The van der Waals surface area contributed by atoms with Crippen molar-refractivity contribution in [3.05, 3.63) is 60.1 Å². The number of oxime groups is 1. The summed E-state index contributed by atoms with van der Waals surface area (Å²) in [5.74, 6) is -0.781. The summed E-state index contributed by atoms with van der Waals surface area (Å²) in [4.78, 5) is 16.5. The number of ether oxygens (including phenoxy) is 1. The van der Waals surface area contributed by atoms with Crippen molar-refractivity contribution < 1.29 is 23.7 Å². The van der Waals surface area contributed by atoms with Gasteiger partial charge in [-0.25, -0.2) is 14.2 Å². The van der Waals surface area contributed by atoms with E-state index in [4.69, 9.17) is 9.26 Å². The Morgan fingerprint density at radius 2 is 1.97 bits per heavy atom. The fraction of sp³-hybridized carbons (Fsp3) is 0.217. The summed E-state index contributed by atoms with van der Waals surface area (Å²) in [6.45, 7) is 3.66. The third-order valence-corrected chi connectivity index (χ3v) is 5.97. The molecule has 0 aliphatic carbocycles. The molecule has 0 spiro atoms. The molecule has 176 valence electrons. The van der Waals surface area contributed by atoms with Gasteiger partial charge in [0.1, 0.15) is 17.6 Å². The van der Waals surface area contributed by atoms with Crippen LogP contribution in [0.4, 0.5) is 15.2 Å². The molecule has 0 saturated heterocycles. The molecule has 9 nitrogen and oxygen atoms in total. The van der Waals surface area contributed by atoms with Crippen molar-refractivity contribution >= 4 is 44.2 Å². The number of esters is 1. The molecule has 0 aliphatic rings. The zero-order valence-corrected chi connectivity index (χ0v) is 19.4. The second kappa shape index (κ2) is 9.87. The fourth-order valence-electron chi connectivity index (χ4n) is 3.24. The van der Waals surface area contributed by atoms with Crippen LogP contribution in [0.2, 0.25) is 0 Å². The minimum atomic E-state index is -0.728. The Labute approximate surface area is 198 Å². The molecular formula is C23H22FN5O4S. The number of aromatic nitrogens is 2. The molecule has 3 N–H and O–H groups in total. The van der Waals surface area contributed by atoms with E-state index >= 15 is 0 Å². The lowest BCUT2D eigenvalue weighted by Crippen LogP contribution is -2.45. The summed E-state index contributed by atoms with van der Waals surface area (Å²) in [5.41, 5.74) is 2.79. The summed E-state index contributed by atoms with van der Waals surface area (Å²) >= 11 is 1.36. The number of hydrogen-bond acceptors (Lipinski definition) is 9. The lowest BCUT2D eigenvalue weighted by molar-refractivity contribution is -0.143. The second-order valence-corrected chi connectivity index (χ2v) is 8.78. The van der Waals surface area contributed by atoms with Crippen molar-refractivity contribution in [1.29, 1.82) is 0 Å². The molecule has 0 saturated carbocycles. The molecule has 0 amide bonds. The van der Waals surface area contributed by atoms with Crippen molar-refractivity contribution in [2.45, 2.75) is 19.9 Å². The third-order valence-electron chi connectivity index (χ3n) is 5.04. The van der Waals surface area contributed by atoms with E-state index in [9.17, 15) is 14.4 Å². The molecule has 2 aromatic heterocycles. The van der Waals surface area contributed by atoms with Crippen LogP contribution in [0.1, 0.15) is 19.6 Å². The Kier molecular flexibility index (Phi) is 6.73. The monoisotopic (exact) mass is 483 g/mol. The molecule has 0 fully saturated rings. The zero-order chi connectivity index (χ0) is 24.2. The van der Waals surface area contributed by atoms with Gasteiger partial charge in [0.05, 0.1) is 17.3 Å². The highest BCUT2D eigenvalue weighted by Crippen LogP contribution is 2.30. The number of fused-ring (bicyclic) bond motifs is 1. The van der Waals surface area contributed by atoms with Crippen LogP contribution >= 0.6 is 11.3 Å². The summed E-state index contributed by atoms with van der Waals surface area (Å²) in [7, 11) is 1.29. The summed E-state index contributed by atoms with van der Waals surface area (Å²) in [6.07, 6.45) is 0. The molecule has 2 aromatic carbocycles. The first-order chi connectivity index (χ1) is 16.4. The van der Waals surface area contributed by atoms with E-state index in [0.29, 0.717) is 10.8 Å². The van der Waals surface area contributed by atoms with Gasteiger partial charge in [-0.15, -0.1) is 0 Å². The Morgan fingerprint density at radius 1 is 1.21 bits per heavy atom. The maximum atomic E-state index is 13.4. The lowest BCUT2D eigenvalue weighted by atomic mass is 10.0. The summed E-state index contributed by atoms with van der Waals surface area (Å²) in [6, 6.07) is 12.7. The van der Waals surface area contributed by atoms with Gasteiger partial charge in [-0.1, -0.05) is 47.6 Å². The van der Waals surface area contributed by atoms with Crippen LogP contribution in [0.15, 0.2) is 58.2 Å². The molecule has 0 unspecified atom stereocenters. The molecule has 34 heavy (non-hydrogen) atoms. The van der Waals surface area contributed by atoms with E-state index in [2.05, 4.69) is 25.9 Å². The average Bonchev–Trinajstić information content (AvgIpc) is 3.46. The number of nitrogens with one attached hydrogen (secondary N) is 2. The van der Waals surface area contributed by atoms with Crippen molar-refractivity contribution in [3.8, 4) is 11.3 Å². The Morgan fingerprint density at radius 3 is 2.65 bits per heavy atom. The number of methoxy groups -OCH3 is 1. The number of thiazole rings is 1. The van der Waals surface area contributed by atoms with Crippen LogP contribution in [0, 0.1) is 11.7 Å². The fourth-order valence-corrected chi connectivity index (χ4v) is 4.15. The van der Waals surface area contributed by atoms with E-state index in [1.807, 2.05) is 38.1 Å². The zero-order valence-electron chi connectivity index (χ0n) is 18.6. The maximum absolute atomic E-state index is 13.4. The van der Waals surface area contributed by atoms with E-state index < -0.39 is 12.0 Å². The van der Waals surface area contributed by atoms with Gasteiger partial charge < -0.3 is 25.1 Å². The van der Waals surface area contributed by atoms with Gasteiger partial charge in [-0.2, -0.15) is 0 Å². The molecule has 4 rings (SSSR count). The van der Waals surface area contributed by atoms with Gasteiger partial charge in [0.25, 0.3) is 0 Å². The number of carbonyl (C=O) groups is 1. The van der Waals surface area contributed by atoms with Crippen molar-refractivity contribution in [2.24, 2.45) is 11.1 Å². The SMILES string of the molecule is COC(=O)[C@H](N/C(=N\O)c1cc(-c2ccc(Nc3nc4ccc(F)cc4s3)cc2)no1)C(C)C. The van der Waals surface area contributed by atoms with E-state index in [1.165, 1.54) is 30.6 Å². The van der Waals surface area contributed by atoms with Crippen LogP contribution in [-0.4, -0.2) is 40.3 Å². The highest BCUT2D eigenvalue weighted by atomic mass is 32.1. The van der Waals surface area contributed by atoms with Gasteiger partial charge in [0.15, 0.2) is 5.13 Å². The minimum absolute atomic E-state index is 0.0339. The maximum Gasteiger partial charge on any atom is 0.328 e. The molecule has 0 aliphatic heterocycles. The van der Waals surface area contributed by atoms with Gasteiger partial charge in [-0.3, -0.25) is 0 Å². The first kappa shape index (κ1) is 23.2. The number of hydrogen-bond donors (Lipinski definition) is 3. The number of benzene rings is 2. The van der Waals surface area contributed by atoms with Crippen LogP contribution < -0.4 is 10.6 Å². The summed E-state index contributed by atoms with van der Waals surface area (Å²) < 4.78 is 24.3. The van der Waals surface area contributed by atoms with Crippen LogP contribution in [0.5, 0.6) is 0 Å². The normalized spacial score (nSPS) is 12.7.